The number of hydrogen-bond acceptors (Lipinski definition) is 4. The van der Waals surface area contributed by atoms with Gasteiger partial charge < -0.3 is 10.1 Å². The molecule has 104 valence electrons. The predicted octanol–water partition coefficient (Wildman–Crippen LogP) is 1.11. The Morgan fingerprint density at radius 2 is 1.94 bits per heavy atom. The van der Waals surface area contributed by atoms with Crippen LogP contribution in [0.15, 0.2) is 0 Å². The average Bonchev–Trinajstić information content (AvgIpc) is 2.88. The van der Waals surface area contributed by atoms with Gasteiger partial charge in [0.1, 0.15) is 0 Å². The highest BCUT2D eigenvalue weighted by molar-refractivity contribution is 7.92. The lowest BCUT2D eigenvalue weighted by Crippen LogP contribution is -2.47. The van der Waals surface area contributed by atoms with Crippen molar-refractivity contribution in [2.24, 2.45) is 5.92 Å². The maximum atomic E-state index is 11.1. The Bertz CT molecular complexity index is 383. The van der Waals surface area contributed by atoms with Crippen LogP contribution < -0.4 is 5.32 Å². The Hall–Kier alpha value is -0.130. The van der Waals surface area contributed by atoms with E-state index in [0.717, 1.165) is 26.0 Å². The molecule has 3 aliphatic rings. The molecule has 0 radical (unpaired) electrons. The molecule has 5 heteroatoms. The smallest absolute Gasteiger partial charge is 0.150 e. The maximum absolute atomic E-state index is 11.1. The summed E-state index contributed by atoms with van der Waals surface area (Å²) in [6.45, 7) is 1.82. The molecule has 3 rings (SSSR count). The van der Waals surface area contributed by atoms with Gasteiger partial charge >= 0.3 is 0 Å². The molecule has 4 nitrogen and oxygen atoms in total. The zero-order valence-electron chi connectivity index (χ0n) is 10.9. The monoisotopic (exact) mass is 273 g/mol. The third-order valence-corrected chi connectivity index (χ3v) is 6.76. The fraction of sp³-hybridized carbons (Fsp3) is 1.00. The van der Waals surface area contributed by atoms with Gasteiger partial charge in [0, 0.05) is 12.6 Å². The van der Waals surface area contributed by atoms with Crippen molar-refractivity contribution in [1.82, 2.24) is 5.32 Å². The SMILES string of the molecule is O=S1(=O)CC(CCNC2CCOC23CCCC3)C1. The van der Waals surface area contributed by atoms with Crippen LogP contribution in [0.1, 0.15) is 38.5 Å². The summed E-state index contributed by atoms with van der Waals surface area (Å²) in [5.41, 5.74) is 0.117. The molecule has 1 aliphatic carbocycles. The Labute approximate surface area is 109 Å². The van der Waals surface area contributed by atoms with Crippen LogP contribution in [0.3, 0.4) is 0 Å². The van der Waals surface area contributed by atoms with Gasteiger partial charge in [-0.25, -0.2) is 8.42 Å². The molecule has 18 heavy (non-hydrogen) atoms. The van der Waals surface area contributed by atoms with Gasteiger partial charge in [0.25, 0.3) is 0 Å². The fourth-order valence-corrected chi connectivity index (χ4v) is 5.47. The zero-order chi connectivity index (χ0) is 12.6. The minimum Gasteiger partial charge on any atom is -0.373 e. The number of hydrogen-bond donors (Lipinski definition) is 1. The van der Waals surface area contributed by atoms with Crippen LogP contribution in [-0.4, -0.2) is 44.7 Å². The van der Waals surface area contributed by atoms with Crippen molar-refractivity contribution in [3.05, 3.63) is 0 Å². The highest BCUT2D eigenvalue weighted by atomic mass is 32.2. The van der Waals surface area contributed by atoms with Crippen LogP contribution in [0.25, 0.3) is 0 Å². The van der Waals surface area contributed by atoms with E-state index < -0.39 is 9.84 Å². The van der Waals surface area contributed by atoms with E-state index in [4.69, 9.17) is 4.74 Å². The topological polar surface area (TPSA) is 55.4 Å². The summed E-state index contributed by atoms with van der Waals surface area (Å²) in [5, 5.41) is 3.62. The Morgan fingerprint density at radius 3 is 2.61 bits per heavy atom. The van der Waals surface area contributed by atoms with Crippen molar-refractivity contribution in [3.63, 3.8) is 0 Å². The predicted molar refractivity (Wildman–Crippen MR) is 70.3 cm³/mol. The van der Waals surface area contributed by atoms with Crippen LogP contribution >= 0.6 is 0 Å². The molecule has 0 aromatic carbocycles. The first kappa shape index (κ1) is 12.9. The standard InChI is InChI=1S/C13H23NO3S/c15-18(16)9-11(10-18)3-7-14-12-4-8-17-13(12)5-1-2-6-13/h11-12,14H,1-10H2. The number of rotatable bonds is 4. The van der Waals surface area contributed by atoms with Crippen molar-refractivity contribution >= 4 is 9.84 Å². The highest BCUT2D eigenvalue weighted by Crippen LogP contribution is 2.41. The molecule has 2 saturated heterocycles. The first-order valence-corrected chi connectivity index (χ1v) is 9.00. The summed E-state index contributed by atoms with van der Waals surface area (Å²) >= 11 is 0. The molecule has 1 saturated carbocycles. The van der Waals surface area contributed by atoms with E-state index in [0.29, 0.717) is 23.5 Å². The molecule has 0 bridgehead atoms. The molecule has 0 aromatic rings. The van der Waals surface area contributed by atoms with E-state index in [9.17, 15) is 8.42 Å². The van der Waals surface area contributed by atoms with E-state index in [-0.39, 0.29) is 5.60 Å². The minimum atomic E-state index is -2.65. The quantitative estimate of drug-likeness (QED) is 0.834. The number of nitrogens with one attached hydrogen (secondary N) is 1. The van der Waals surface area contributed by atoms with Crippen molar-refractivity contribution in [2.75, 3.05) is 24.7 Å². The van der Waals surface area contributed by atoms with Gasteiger partial charge in [0.05, 0.1) is 17.1 Å². The zero-order valence-corrected chi connectivity index (χ0v) is 11.7. The molecule has 1 spiro atoms. The summed E-state index contributed by atoms with van der Waals surface area (Å²) in [4.78, 5) is 0. The van der Waals surface area contributed by atoms with Crippen molar-refractivity contribution in [2.45, 2.75) is 50.2 Å². The second-order valence-electron chi connectivity index (χ2n) is 6.15. The van der Waals surface area contributed by atoms with Crippen molar-refractivity contribution in [1.29, 1.82) is 0 Å². The van der Waals surface area contributed by atoms with Crippen molar-refractivity contribution in [3.8, 4) is 0 Å². The van der Waals surface area contributed by atoms with Gasteiger partial charge in [0.2, 0.25) is 0 Å². The first-order valence-electron chi connectivity index (χ1n) is 7.17. The summed E-state index contributed by atoms with van der Waals surface area (Å²) in [6, 6.07) is 0.497. The Balaban J connectivity index is 1.43. The average molecular weight is 273 g/mol. The Morgan fingerprint density at radius 1 is 1.22 bits per heavy atom. The van der Waals surface area contributed by atoms with Gasteiger partial charge in [-0.05, 0) is 38.1 Å². The molecule has 0 aromatic heterocycles. The Kier molecular flexibility index (Phi) is 3.41. The van der Waals surface area contributed by atoms with Gasteiger partial charge in [-0.2, -0.15) is 0 Å². The summed E-state index contributed by atoms with van der Waals surface area (Å²) in [7, 11) is -2.65. The number of ether oxygens (including phenoxy) is 1. The lowest BCUT2D eigenvalue weighted by atomic mass is 9.92. The molecule has 0 amide bonds. The van der Waals surface area contributed by atoms with Gasteiger partial charge in [-0.1, -0.05) is 12.8 Å². The van der Waals surface area contributed by atoms with E-state index in [1.54, 1.807) is 0 Å². The normalized spacial score (nSPS) is 33.9. The molecule has 2 heterocycles. The third-order valence-electron chi connectivity index (χ3n) is 4.80. The molecular formula is C13H23NO3S. The summed E-state index contributed by atoms with van der Waals surface area (Å²) in [6.07, 6.45) is 7.08. The van der Waals surface area contributed by atoms with E-state index in [1.807, 2.05) is 0 Å². The second kappa shape index (κ2) is 4.76. The molecular weight excluding hydrogens is 250 g/mol. The molecule has 1 N–H and O–H groups in total. The maximum Gasteiger partial charge on any atom is 0.150 e. The number of sulfone groups is 1. The minimum absolute atomic E-state index is 0.117. The van der Waals surface area contributed by atoms with Crippen LogP contribution in [0.4, 0.5) is 0 Å². The second-order valence-corrected chi connectivity index (χ2v) is 8.30. The van der Waals surface area contributed by atoms with E-state index in [1.165, 1.54) is 25.7 Å². The lowest BCUT2D eigenvalue weighted by molar-refractivity contribution is -0.00464. The summed E-state index contributed by atoms with van der Waals surface area (Å²) < 4.78 is 28.1. The lowest BCUT2D eigenvalue weighted by Gasteiger charge is -2.32. The largest absolute Gasteiger partial charge is 0.373 e. The third kappa shape index (κ3) is 2.45. The van der Waals surface area contributed by atoms with Gasteiger partial charge in [0.15, 0.2) is 9.84 Å². The van der Waals surface area contributed by atoms with Crippen LogP contribution in [0.5, 0.6) is 0 Å². The van der Waals surface area contributed by atoms with E-state index >= 15 is 0 Å². The van der Waals surface area contributed by atoms with Crippen LogP contribution in [0, 0.1) is 5.92 Å². The van der Waals surface area contributed by atoms with Crippen LogP contribution in [0.2, 0.25) is 0 Å². The first-order chi connectivity index (χ1) is 8.60. The molecule has 3 fully saturated rings. The fourth-order valence-electron chi connectivity index (χ4n) is 3.80. The molecule has 1 unspecified atom stereocenters. The van der Waals surface area contributed by atoms with Crippen molar-refractivity contribution < 1.29 is 13.2 Å². The molecule has 1 atom stereocenters. The van der Waals surface area contributed by atoms with E-state index in [2.05, 4.69) is 5.32 Å². The van der Waals surface area contributed by atoms with Gasteiger partial charge in [-0.15, -0.1) is 0 Å². The van der Waals surface area contributed by atoms with Gasteiger partial charge in [-0.3, -0.25) is 0 Å². The highest BCUT2D eigenvalue weighted by Gasteiger charge is 2.45. The van der Waals surface area contributed by atoms with Crippen LogP contribution in [-0.2, 0) is 14.6 Å². The summed E-state index contributed by atoms with van der Waals surface area (Å²) in [5.74, 6) is 1.20. The molecule has 2 aliphatic heterocycles.